The van der Waals surface area contributed by atoms with Gasteiger partial charge in [0.15, 0.2) is 0 Å². The Morgan fingerprint density at radius 1 is 0.750 bits per heavy atom. The summed E-state index contributed by atoms with van der Waals surface area (Å²) in [4.78, 5) is 0. The van der Waals surface area contributed by atoms with E-state index in [-0.39, 0.29) is 35.6 Å². The number of rotatable bonds is 2. The predicted molar refractivity (Wildman–Crippen MR) is 178 cm³/mol. The molecule has 0 saturated carbocycles. The van der Waals surface area contributed by atoms with Crippen molar-refractivity contribution < 1.29 is 49.0 Å². The number of fused-ring (bicyclic) bond motifs is 3. The second kappa shape index (κ2) is 16.5. The van der Waals surface area contributed by atoms with E-state index in [9.17, 15) is 0 Å². The molecule has 6 rings (SSSR count). The molecule has 228 valence electrons. The van der Waals surface area contributed by atoms with Crippen LogP contribution >= 0.6 is 11.6 Å². The number of allylic oxidation sites excluding steroid dienone is 4. The number of hydrogen-bond acceptors (Lipinski definition) is 0. The van der Waals surface area contributed by atoms with Crippen molar-refractivity contribution in [1.29, 1.82) is 0 Å². The Balaban J connectivity index is 0.000000260. The number of hydrogen-bond donors (Lipinski definition) is 0. The minimum atomic E-state index is 0. The molecule has 0 nitrogen and oxygen atoms in total. The van der Waals surface area contributed by atoms with Crippen LogP contribution in [-0.2, 0) is 41.5 Å². The fourth-order valence-electron chi connectivity index (χ4n) is 4.83. The monoisotopic (exact) mass is 716 g/mol. The zero-order valence-corrected chi connectivity index (χ0v) is 31.5. The molecule has 4 aromatic carbocycles. The first-order valence-electron chi connectivity index (χ1n) is 14.6. The first-order valence-corrected chi connectivity index (χ1v) is 16.3. The summed E-state index contributed by atoms with van der Waals surface area (Å²) in [5.41, 5.74) is 12.6. The van der Waals surface area contributed by atoms with E-state index in [0.717, 1.165) is 17.9 Å². The Labute approximate surface area is 298 Å². The van der Waals surface area contributed by atoms with Crippen LogP contribution in [0.3, 0.4) is 0 Å². The van der Waals surface area contributed by atoms with E-state index in [4.69, 9.17) is 11.6 Å². The predicted octanol–water partition coefficient (Wildman–Crippen LogP) is 4.73. The Hall–Kier alpha value is -2.02. The van der Waals surface area contributed by atoms with Gasteiger partial charge in [-0.3, -0.25) is 6.08 Å². The zero-order chi connectivity index (χ0) is 30.5. The average molecular weight is 719 g/mol. The molecule has 0 aliphatic heterocycles. The third-order valence-corrected chi connectivity index (χ3v) is 9.26. The van der Waals surface area contributed by atoms with Crippen molar-refractivity contribution in [2.45, 2.75) is 72.1 Å². The summed E-state index contributed by atoms with van der Waals surface area (Å²) in [5, 5.41) is 0.788. The van der Waals surface area contributed by atoms with Crippen molar-refractivity contribution in [2.75, 3.05) is 0 Å². The van der Waals surface area contributed by atoms with Crippen molar-refractivity contribution >= 4 is 14.8 Å². The molecule has 0 radical (unpaired) electrons. The second-order valence-corrected chi connectivity index (χ2v) is 14.7. The maximum atomic E-state index is 5.88. The minimum absolute atomic E-state index is 0. The van der Waals surface area contributed by atoms with Gasteiger partial charge in [-0.2, -0.15) is 35.4 Å². The van der Waals surface area contributed by atoms with Crippen molar-refractivity contribution in [3.05, 3.63) is 153 Å². The fraction of sp³-hybridized carbons (Fsp3) is 0.275. The maximum Gasteiger partial charge on any atom is -0.109 e. The molecule has 0 fully saturated rings. The van der Waals surface area contributed by atoms with Crippen LogP contribution in [0, 0.1) is 19.1 Å². The summed E-state index contributed by atoms with van der Waals surface area (Å²) in [7, 11) is 0. The van der Waals surface area contributed by atoms with E-state index >= 15 is 0 Å². The van der Waals surface area contributed by atoms with Crippen LogP contribution in [0.4, 0.5) is 0 Å². The standard InChI is InChI=1S/C21H25.C14H11Cl.C5H5.2ClH.Zr/c1-20(2,3)16-9-7-14-11-15-8-10-17(21(4,5)6)13-19(15)18(14)12-16;1-11-2-4-12(5-3-11)10-13-6-8-14(15)9-7-13;1-2-4-5-3-1;;;/h7,9-10,12-13H,11H2,1-6H3;2-9H,1H3;1-3H,4H2;2*1H;/q-1;;-1;;;+2/p-2. The van der Waals surface area contributed by atoms with Crippen molar-refractivity contribution in [3.63, 3.8) is 0 Å². The summed E-state index contributed by atoms with van der Waals surface area (Å²) >= 11 is 7.30. The van der Waals surface area contributed by atoms with E-state index < -0.39 is 0 Å². The van der Waals surface area contributed by atoms with E-state index in [1.165, 1.54) is 77.5 Å². The fourth-order valence-corrected chi connectivity index (χ4v) is 5.77. The van der Waals surface area contributed by atoms with Gasteiger partial charge in [0.25, 0.3) is 0 Å². The van der Waals surface area contributed by atoms with Crippen molar-refractivity contribution in [2.24, 2.45) is 0 Å². The molecular formula is C40H41Cl3Zr-2. The Morgan fingerprint density at radius 2 is 1.32 bits per heavy atom. The van der Waals surface area contributed by atoms with Gasteiger partial charge >= 0.3 is 116 Å². The van der Waals surface area contributed by atoms with Crippen molar-refractivity contribution in [1.82, 2.24) is 0 Å². The molecule has 0 aromatic heterocycles. The first-order chi connectivity index (χ1) is 19.8. The minimum Gasteiger partial charge on any atom is -1.00 e. The van der Waals surface area contributed by atoms with E-state index in [0.29, 0.717) is 0 Å². The summed E-state index contributed by atoms with van der Waals surface area (Å²) in [6, 6.07) is 31.7. The van der Waals surface area contributed by atoms with Crippen LogP contribution in [-0.4, -0.2) is 3.21 Å². The van der Waals surface area contributed by atoms with Crippen LogP contribution in [0.1, 0.15) is 86.9 Å². The smallest absolute Gasteiger partial charge is 0.109 e. The van der Waals surface area contributed by atoms with Gasteiger partial charge in [0.05, 0.1) is 0 Å². The van der Waals surface area contributed by atoms with Crippen LogP contribution < -0.4 is 24.8 Å². The van der Waals surface area contributed by atoms with E-state index in [1.807, 2.05) is 24.3 Å². The molecular weight excluding hydrogens is 678 g/mol. The van der Waals surface area contributed by atoms with Gasteiger partial charge in [-0.15, -0.1) is 12.0 Å². The second-order valence-electron chi connectivity index (χ2n) is 13.1. The summed E-state index contributed by atoms with van der Waals surface area (Å²) in [6.07, 6.45) is 11.0. The third-order valence-electron chi connectivity index (χ3n) is 7.59. The molecule has 0 atom stereocenters. The average Bonchev–Trinajstić information content (AvgIpc) is 3.64. The topological polar surface area (TPSA) is 0 Å². The number of aryl methyl sites for hydroxylation is 1. The van der Waals surface area contributed by atoms with Gasteiger partial charge in [0.2, 0.25) is 0 Å². The van der Waals surface area contributed by atoms with Crippen LogP contribution in [0.25, 0.3) is 11.1 Å². The number of benzene rings is 4. The third kappa shape index (κ3) is 10.3. The molecule has 0 heterocycles. The molecule has 0 saturated heterocycles. The molecule has 0 spiro atoms. The summed E-state index contributed by atoms with van der Waals surface area (Å²) < 4.78 is 1.36. The molecule has 4 aromatic rings. The van der Waals surface area contributed by atoms with Crippen molar-refractivity contribution in [3.8, 4) is 11.1 Å². The van der Waals surface area contributed by atoms with Gasteiger partial charge in [0, 0.05) is 0 Å². The summed E-state index contributed by atoms with van der Waals surface area (Å²) in [5.74, 6) is 0. The molecule has 0 bridgehead atoms. The molecule has 2 aliphatic carbocycles. The first kappa shape index (κ1) is 38.2. The largest absolute Gasteiger partial charge is 1.00 e. The number of halogens is 3. The van der Waals surface area contributed by atoms with E-state index in [1.54, 1.807) is 0 Å². The normalized spacial score (nSPS) is 12.4. The van der Waals surface area contributed by atoms with E-state index in [2.05, 4.69) is 133 Å². The molecule has 0 amide bonds. The Morgan fingerprint density at radius 3 is 1.82 bits per heavy atom. The molecule has 0 N–H and O–H groups in total. The van der Waals surface area contributed by atoms with Gasteiger partial charge in [0.1, 0.15) is 0 Å². The van der Waals surface area contributed by atoms with Crippen LogP contribution in [0.15, 0.2) is 97.1 Å². The van der Waals surface area contributed by atoms with Crippen LogP contribution in [0.5, 0.6) is 0 Å². The van der Waals surface area contributed by atoms with Gasteiger partial charge in [-0.25, -0.2) is 12.2 Å². The SMILES string of the molecule is CC(C)(C)c1c[c-]c2c(c1)-c1cc(C(C)(C)C)ccc1C2.Cc1ccc([C](=[Zr+2])c2ccc(Cl)cc2)cc1.[C-]1=CC=CC1.[Cl-].[Cl-]. The molecule has 4 heteroatoms. The zero-order valence-electron chi connectivity index (χ0n) is 26.8. The molecule has 2 aliphatic rings. The molecule has 44 heavy (non-hydrogen) atoms. The molecule has 0 unspecified atom stereocenters. The van der Waals surface area contributed by atoms with Gasteiger partial charge in [-0.05, 0) is 17.4 Å². The quantitative estimate of drug-likeness (QED) is 0.232. The Kier molecular flexibility index (Phi) is 14.3. The van der Waals surface area contributed by atoms with Gasteiger partial charge < -0.3 is 24.8 Å². The Bertz CT molecular complexity index is 1480. The maximum absolute atomic E-state index is 5.88. The van der Waals surface area contributed by atoms with Crippen LogP contribution in [0.2, 0.25) is 5.02 Å². The summed E-state index contributed by atoms with van der Waals surface area (Å²) in [6.45, 7) is 15.7. The van der Waals surface area contributed by atoms with Gasteiger partial charge in [-0.1, -0.05) is 76.3 Å².